The van der Waals surface area contributed by atoms with Gasteiger partial charge in [-0.1, -0.05) is 30.3 Å². The molecule has 3 aromatic carbocycles. The molecule has 0 heterocycles. The molecule has 0 radical (unpaired) electrons. The molecule has 32 heavy (non-hydrogen) atoms. The number of sulfonamides is 1. The number of aliphatic hydroxyl groups is 1. The van der Waals surface area contributed by atoms with Gasteiger partial charge in [0.15, 0.2) is 0 Å². The number of anilines is 1. The minimum atomic E-state index is -3.60. The molecular formula is C23H25FN2O5S. The van der Waals surface area contributed by atoms with Crippen molar-refractivity contribution in [2.24, 2.45) is 0 Å². The number of halogens is 1. The summed E-state index contributed by atoms with van der Waals surface area (Å²) in [5, 5.41) is 33.4. The van der Waals surface area contributed by atoms with Gasteiger partial charge in [-0.2, -0.15) is 0 Å². The molecule has 0 aromatic heterocycles. The van der Waals surface area contributed by atoms with Crippen molar-refractivity contribution in [2.75, 3.05) is 17.5 Å². The topological polar surface area (TPSA) is 119 Å². The molecule has 3 rings (SSSR count). The van der Waals surface area contributed by atoms with Crippen LogP contribution in [0.5, 0.6) is 11.5 Å². The lowest BCUT2D eigenvalue weighted by atomic mass is 9.98. The molecule has 5 N–H and O–H groups in total. The highest BCUT2D eigenvalue weighted by Gasteiger charge is 2.17. The van der Waals surface area contributed by atoms with Gasteiger partial charge in [-0.05, 0) is 59.5 Å². The summed E-state index contributed by atoms with van der Waals surface area (Å²) < 4.78 is 38.4. The predicted octanol–water partition coefficient (Wildman–Crippen LogP) is 3.22. The molecular weight excluding hydrogens is 435 g/mol. The van der Waals surface area contributed by atoms with Crippen LogP contribution < -0.4 is 10.0 Å². The third kappa shape index (κ3) is 6.68. The summed E-state index contributed by atoms with van der Waals surface area (Å²) in [7, 11) is -3.60. The van der Waals surface area contributed by atoms with Gasteiger partial charge in [0.1, 0.15) is 17.3 Å². The molecule has 0 aliphatic rings. The van der Waals surface area contributed by atoms with Crippen LogP contribution >= 0.6 is 0 Å². The molecule has 0 aliphatic carbocycles. The number of phenolic OH excluding ortho intramolecular Hbond substituents is 2. The van der Waals surface area contributed by atoms with Crippen LogP contribution in [0.3, 0.4) is 0 Å². The average molecular weight is 461 g/mol. The highest BCUT2D eigenvalue weighted by molar-refractivity contribution is 7.92. The summed E-state index contributed by atoms with van der Waals surface area (Å²) >= 11 is 0. The first-order valence-corrected chi connectivity index (χ1v) is 11.8. The van der Waals surface area contributed by atoms with Crippen LogP contribution in [-0.2, 0) is 16.4 Å². The largest absolute Gasteiger partial charge is 0.508 e. The fourth-order valence-corrected chi connectivity index (χ4v) is 3.85. The van der Waals surface area contributed by atoms with Gasteiger partial charge in [0, 0.05) is 12.6 Å². The maximum Gasteiger partial charge on any atom is 0.229 e. The second-order valence-electron chi connectivity index (χ2n) is 7.55. The van der Waals surface area contributed by atoms with E-state index in [9.17, 15) is 28.1 Å². The van der Waals surface area contributed by atoms with Crippen molar-refractivity contribution in [3.05, 3.63) is 89.2 Å². The summed E-state index contributed by atoms with van der Waals surface area (Å²) in [4.78, 5) is 0. The van der Waals surface area contributed by atoms with Gasteiger partial charge in [0.25, 0.3) is 0 Å². The van der Waals surface area contributed by atoms with Crippen LogP contribution in [-0.4, -0.2) is 36.5 Å². The summed E-state index contributed by atoms with van der Waals surface area (Å²) in [5.41, 5.74) is 2.14. The van der Waals surface area contributed by atoms with E-state index in [4.69, 9.17) is 0 Å². The molecule has 3 aromatic rings. The Morgan fingerprint density at radius 1 is 0.938 bits per heavy atom. The van der Waals surface area contributed by atoms with Crippen LogP contribution in [0.25, 0.3) is 0 Å². The maximum atomic E-state index is 13.3. The molecule has 170 valence electrons. The zero-order valence-electron chi connectivity index (χ0n) is 17.4. The van der Waals surface area contributed by atoms with E-state index in [1.165, 1.54) is 30.3 Å². The molecule has 0 aliphatic heterocycles. The summed E-state index contributed by atoms with van der Waals surface area (Å²) in [5.74, 6) is -0.453. The average Bonchev–Trinajstić information content (AvgIpc) is 2.73. The normalized spacial score (nSPS) is 13.5. The fraction of sp³-hybridized carbons (Fsp3) is 0.217. The molecule has 0 bridgehead atoms. The van der Waals surface area contributed by atoms with Crippen LogP contribution in [0.1, 0.15) is 28.8 Å². The van der Waals surface area contributed by atoms with Gasteiger partial charge in [-0.25, -0.2) is 12.8 Å². The second kappa shape index (κ2) is 9.99. The Balaban J connectivity index is 1.77. The Morgan fingerprint density at radius 3 is 2.19 bits per heavy atom. The summed E-state index contributed by atoms with van der Waals surface area (Å²) in [6, 6.07) is 16.7. The van der Waals surface area contributed by atoms with Gasteiger partial charge in [-0.15, -0.1) is 0 Å². The number of benzene rings is 3. The van der Waals surface area contributed by atoms with Gasteiger partial charge >= 0.3 is 0 Å². The highest BCUT2D eigenvalue weighted by Crippen LogP contribution is 2.28. The van der Waals surface area contributed by atoms with E-state index in [1.807, 2.05) is 0 Å². The van der Waals surface area contributed by atoms with Crippen molar-refractivity contribution >= 4 is 15.7 Å². The number of nitrogens with one attached hydrogen (secondary N) is 2. The highest BCUT2D eigenvalue weighted by atomic mass is 32.2. The first-order valence-electron chi connectivity index (χ1n) is 9.86. The minimum absolute atomic E-state index is 0.0227. The van der Waals surface area contributed by atoms with E-state index in [1.54, 1.807) is 36.4 Å². The van der Waals surface area contributed by atoms with E-state index in [2.05, 4.69) is 10.0 Å². The van der Waals surface area contributed by atoms with E-state index in [0.29, 0.717) is 12.0 Å². The number of aliphatic hydroxyl groups excluding tert-OH is 1. The smallest absolute Gasteiger partial charge is 0.229 e. The molecule has 9 heteroatoms. The number of aromatic hydroxyl groups is 2. The van der Waals surface area contributed by atoms with Crippen LogP contribution in [0.4, 0.5) is 10.1 Å². The van der Waals surface area contributed by atoms with Crippen LogP contribution in [0, 0.1) is 5.82 Å². The Bertz CT molecular complexity index is 1150. The molecule has 0 saturated heterocycles. The maximum absolute atomic E-state index is 13.3. The first kappa shape index (κ1) is 23.5. The van der Waals surface area contributed by atoms with Crippen LogP contribution in [0.15, 0.2) is 66.7 Å². The molecule has 0 amide bonds. The van der Waals surface area contributed by atoms with Gasteiger partial charge in [-0.3, -0.25) is 4.72 Å². The lowest BCUT2D eigenvalue weighted by molar-refractivity contribution is 0.169. The standard InChI is InChI=1S/C23H25FN2O5S/c1-32(30,31)26-21-13-17(6-11-22(21)28)23(29)14-25-20(16-4-9-19(27)10-5-16)12-15-2-7-18(24)8-3-15/h2-11,13,20,23,25-29H,12,14H2,1H3/t20-,23+/m1/s1. The lowest BCUT2D eigenvalue weighted by Gasteiger charge is -2.22. The SMILES string of the molecule is CS(=O)(=O)Nc1cc([C@@H](O)CN[C@H](Cc2ccc(F)cc2)c2ccc(O)cc2)ccc1O. The predicted molar refractivity (Wildman–Crippen MR) is 120 cm³/mol. The van der Waals surface area contributed by atoms with E-state index < -0.39 is 16.1 Å². The van der Waals surface area contributed by atoms with Crippen LogP contribution in [0.2, 0.25) is 0 Å². The third-order valence-electron chi connectivity index (χ3n) is 4.91. The minimum Gasteiger partial charge on any atom is -0.508 e. The first-order chi connectivity index (χ1) is 15.1. The van der Waals surface area contributed by atoms with Crippen molar-refractivity contribution < 1.29 is 28.1 Å². The lowest BCUT2D eigenvalue weighted by Crippen LogP contribution is -2.28. The van der Waals surface area contributed by atoms with Crippen molar-refractivity contribution in [3.8, 4) is 11.5 Å². The zero-order valence-corrected chi connectivity index (χ0v) is 18.2. The molecule has 0 spiro atoms. The summed E-state index contributed by atoms with van der Waals surface area (Å²) in [6.45, 7) is 0.121. The van der Waals surface area contributed by atoms with Gasteiger partial charge in [0.05, 0.1) is 18.0 Å². The fourth-order valence-electron chi connectivity index (χ4n) is 3.28. The molecule has 2 atom stereocenters. The monoisotopic (exact) mass is 460 g/mol. The van der Waals surface area contributed by atoms with Gasteiger partial charge in [0.2, 0.25) is 10.0 Å². The summed E-state index contributed by atoms with van der Waals surface area (Å²) in [6.07, 6.45) is 0.479. The molecule has 0 fully saturated rings. The van der Waals surface area contributed by atoms with E-state index >= 15 is 0 Å². The molecule has 0 saturated carbocycles. The van der Waals surface area contributed by atoms with E-state index in [-0.39, 0.29) is 35.6 Å². The van der Waals surface area contributed by atoms with Crippen molar-refractivity contribution in [2.45, 2.75) is 18.6 Å². The molecule has 7 nitrogen and oxygen atoms in total. The number of phenols is 2. The van der Waals surface area contributed by atoms with Crippen molar-refractivity contribution in [1.29, 1.82) is 0 Å². The van der Waals surface area contributed by atoms with Crippen molar-refractivity contribution in [3.63, 3.8) is 0 Å². The van der Waals surface area contributed by atoms with Crippen molar-refractivity contribution in [1.82, 2.24) is 5.32 Å². The number of hydrogen-bond donors (Lipinski definition) is 5. The third-order valence-corrected chi connectivity index (χ3v) is 5.50. The molecule has 0 unspecified atom stereocenters. The Hall–Kier alpha value is -3.14. The zero-order chi connectivity index (χ0) is 23.3. The Morgan fingerprint density at radius 2 is 1.56 bits per heavy atom. The van der Waals surface area contributed by atoms with E-state index in [0.717, 1.165) is 17.4 Å². The quantitative estimate of drug-likeness (QED) is 0.313. The Labute approximate surface area is 186 Å². The Kier molecular flexibility index (Phi) is 7.34. The number of hydrogen-bond acceptors (Lipinski definition) is 6. The van der Waals surface area contributed by atoms with Gasteiger partial charge < -0.3 is 20.6 Å². The second-order valence-corrected chi connectivity index (χ2v) is 9.30. The number of rotatable bonds is 9.